The van der Waals surface area contributed by atoms with Crippen LogP contribution in [-0.4, -0.2) is 5.78 Å². The molecule has 1 aliphatic rings. The molecule has 0 aromatic heterocycles. The number of hydrogen-bond donors (Lipinski definition) is 0. The van der Waals surface area contributed by atoms with Crippen LogP contribution in [0.15, 0.2) is 0 Å². The van der Waals surface area contributed by atoms with Gasteiger partial charge in [-0.3, -0.25) is 4.79 Å². The molecule has 0 aliphatic heterocycles. The fraction of sp³-hybridized carbons (Fsp3) is 0.917. The van der Waals surface area contributed by atoms with Gasteiger partial charge in [0.25, 0.3) is 0 Å². The van der Waals surface area contributed by atoms with Gasteiger partial charge in [-0.05, 0) is 18.8 Å². The van der Waals surface area contributed by atoms with Gasteiger partial charge in [0.15, 0.2) is 0 Å². The van der Waals surface area contributed by atoms with Gasteiger partial charge < -0.3 is 0 Å². The molecule has 0 atom stereocenters. The van der Waals surface area contributed by atoms with Crippen molar-refractivity contribution in [3.8, 4) is 0 Å². The lowest BCUT2D eigenvalue weighted by Crippen LogP contribution is -1.99. The molecule has 1 rings (SSSR count). The Bertz CT molecular complexity index is 145. The largest absolute Gasteiger partial charge is 0.300 e. The number of Topliss-reactive ketones (excluding diaryl/α,β-unsaturated/α-hetero) is 1. The number of carbonyl (C=O) groups excluding carboxylic acids is 1. The third-order valence-corrected chi connectivity index (χ3v) is 3.07. The van der Waals surface area contributed by atoms with Crippen LogP contribution in [0.4, 0.5) is 0 Å². The molecule has 1 saturated carbocycles. The SMILES string of the molecule is CCCC(=O)CCCC1CCCC1. The minimum Gasteiger partial charge on any atom is -0.300 e. The fourth-order valence-electron chi connectivity index (χ4n) is 2.29. The minimum absolute atomic E-state index is 0.473. The van der Waals surface area contributed by atoms with Crippen LogP contribution in [0.25, 0.3) is 0 Å². The van der Waals surface area contributed by atoms with Gasteiger partial charge in [0.1, 0.15) is 5.78 Å². The smallest absolute Gasteiger partial charge is 0.132 e. The molecule has 0 saturated heterocycles. The second-order valence-electron chi connectivity index (χ2n) is 4.33. The lowest BCUT2D eigenvalue weighted by Gasteiger charge is -2.07. The van der Waals surface area contributed by atoms with Crippen LogP contribution >= 0.6 is 0 Å². The molecule has 0 bridgehead atoms. The predicted molar refractivity (Wildman–Crippen MR) is 55.7 cm³/mol. The van der Waals surface area contributed by atoms with Crippen molar-refractivity contribution in [2.75, 3.05) is 0 Å². The second-order valence-corrected chi connectivity index (χ2v) is 4.33. The Morgan fingerprint density at radius 2 is 1.92 bits per heavy atom. The highest BCUT2D eigenvalue weighted by atomic mass is 16.1. The van der Waals surface area contributed by atoms with Gasteiger partial charge in [-0.15, -0.1) is 0 Å². The van der Waals surface area contributed by atoms with Crippen LogP contribution < -0.4 is 0 Å². The first kappa shape index (κ1) is 10.7. The van der Waals surface area contributed by atoms with Gasteiger partial charge in [-0.2, -0.15) is 0 Å². The molecule has 1 fully saturated rings. The van der Waals surface area contributed by atoms with Crippen molar-refractivity contribution in [1.82, 2.24) is 0 Å². The van der Waals surface area contributed by atoms with Gasteiger partial charge in [0, 0.05) is 12.8 Å². The van der Waals surface area contributed by atoms with E-state index >= 15 is 0 Å². The van der Waals surface area contributed by atoms with E-state index in [1.54, 1.807) is 0 Å². The monoisotopic (exact) mass is 182 g/mol. The Kier molecular flexibility index (Phi) is 5.10. The molecule has 0 amide bonds. The molecule has 0 N–H and O–H groups in total. The Morgan fingerprint density at radius 3 is 2.54 bits per heavy atom. The van der Waals surface area contributed by atoms with E-state index in [9.17, 15) is 4.79 Å². The van der Waals surface area contributed by atoms with Crippen molar-refractivity contribution >= 4 is 5.78 Å². The van der Waals surface area contributed by atoms with E-state index in [4.69, 9.17) is 0 Å². The lowest BCUT2D eigenvalue weighted by atomic mass is 9.99. The third-order valence-electron chi connectivity index (χ3n) is 3.07. The summed E-state index contributed by atoms with van der Waals surface area (Å²) in [4.78, 5) is 11.2. The summed E-state index contributed by atoms with van der Waals surface area (Å²) in [5.41, 5.74) is 0. The molecule has 0 unspecified atom stereocenters. The molecule has 13 heavy (non-hydrogen) atoms. The summed E-state index contributed by atoms with van der Waals surface area (Å²) in [6.45, 7) is 2.08. The molecule has 1 nitrogen and oxygen atoms in total. The zero-order valence-electron chi connectivity index (χ0n) is 8.85. The second kappa shape index (κ2) is 6.17. The molecule has 76 valence electrons. The lowest BCUT2D eigenvalue weighted by molar-refractivity contribution is -0.119. The van der Waals surface area contributed by atoms with Gasteiger partial charge in [-0.25, -0.2) is 0 Å². The van der Waals surface area contributed by atoms with E-state index in [2.05, 4.69) is 6.92 Å². The highest BCUT2D eigenvalue weighted by molar-refractivity contribution is 5.78. The molecule has 1 aliphatic carbocycles. The molecule has 0 aromatic carbocycles. The maximum Gasteiger partial charge on any atom is 0.132 e. The summed E-state index contributed by atoms with van der Waals surface area (Å²) in [5.74, 6) is 1.43. The van der Waals surface area contributed by atoms with Crippen molar-refractivity contribution in [1.29, 1.82) is 0 Å². The van der Waals surface area contributed by atoms with Crippen molar-refractivity contribution in [3.05, 3.63) is 0 Å². The topological polar surface area (TPSA) is 17.1 Å². The molecule has 0 spiro atoms. The highest BCUT2D eigenvalue weighted by Gasteiger charge is 2.14. The summed E-state index contributed by atoms with van der Waals surface area (Å²) in [6, 6.07) is 0. The average Bonchev–Trinajstić information content (AvgIpc) is 2.57. The summed E-state index contributed by atoms with van der Waals surface area (Å²) in [5, 5.41) is 0. The van der Waals surface area contributed by atoms with E-state index in [1.807, 2.05) is 0 Å². The number of hydrogen-bond acceptors (Lipinski definition) is 1. The van der Waals surface area contributed by atoms with E-state index in [0.717, 1.165) is 31.6 Å². The molecule has 0 radical (unpaired) electrons. The Morgan fingerprint density at radius 1 is 1.23 bits per heavy atom. The molecule has 0 heterocycles. The van der Waals surface area contributed by atoms with Crippen LogP contribution in [0.2, 0.25) is 0 Å². The van der Waals surface area contributed by atoms with Crippen LogP contribution in [0.1, 0.15) is 64.7 Å². The Hall–Kier alpha value is -0.330. The number of ketones is 1. The first-order chi connectivity index (χ1) is 6.33. The standard InChI is InChI=1S/C12H22O/c1-2-6-12(13)10-5-9-11-7-3-4-8-11/h11H,2-10H2,1H3. The van der Waals surface area contributed by atoms with E-state index in [1.165, 1.54) is 32.1 Å². The van der Waals surface area contributed by atoms with Crippen LogP contribution in [0.5, 0.6) is 0 Å². The molecular formula is C12H22O. The maximum absolute atomic E-state index is 11.2. The van der Waals surface area contributed by atoms with Gasteiger partial charge in [0.2, 0.25) is 0 Å². The van der Waals surface area contributed by atoms with Crippen LogP contribution in [0.3, 0.4) is 0 Å². The average molecular weight is 182 g/mol. The quantitative estimate of drug-likeness (QED) is 0.612. The van der Waals surface area contributed by atoms with Crippen molar-refractivity contribution in [2.45, 2.75) is 64.7 Å². The first-order valence-electron chi connectivity index (χ1n) is 5.84. The van der Waals surface area contributed by atoms with Gasteiger partial charge in [0.05, 0.1) is 0 Å². The summed E-state index contributed by atoms with van der Waals surface area (Å²) >= 11 is 0. The maximum atomic E-state index is 11.2. The van der Waals surface area contributed by atoms with Crippen LogP contribution in [0, 0.1) is 5.92 Å². The van der Waals surface area contributed by atoms with E-state index in [0.29, 0.717) is 5.78 Å². The zero-order valence-corrected chi connectivity index (χ0v) is 8.85. The minimum atomic E-state index is 0.473. The van der Waals surface area contributed by atoms with Crippen molar-refractivity contribution in [2.24, 2.45) is 5.92 Å². The van der Waals surface area contributed by atoms with Gasteiger partial charge >= 0.3 is 0 Å². The zero-order chi connectivity index (χ0) is 9.52. The number of rotatable bonds is 6. The number of carbonyl (C=O) groups is 1. The van der Waals surface area contributed by atoms with Crippen molar-refractivity contribution < 1.29 is 4.79 Å². The normalized spacial score (nSPS) is 17.9. The van der Waals surface area contributed by atoms with E-state index in [-0.39, 0.29) is 0 Å². The molecule has 0 aromatic rings. The van der Waals surface area contributed by atoms with E-state index < -0.39 is 0 Å². The fourth-order valence-corrected chi connectivity index (χ4v) is 2.29. The summed E-state index contributed by atoms with van der Waals surface area (Å²) in [6.07, 6.45) is 10.8. The highest BCUT2D eigenvalue weighted by Crippen LogP contribution is 2.28. The van der Waals surface area contributed by atoms with Gasteiger partial charge in [-0.1, -0.05) is 39.0 Å². The first-order valence-corrected chi connectivity index (χ1v) is 5.84. The van der Waals surface area contributed by atoms with Crippen LogP contribution in [-0.2, 0) is 4.79 Å². The third kappa shape index (κ3) is 4.44. The molecule has 1 heteroatoms. The Balaban J connectivity index is 1.96. The van der Waals surface area contributed by atoms with Crippen molar-refractivity contribution in [3.63, 3.8) is 0 Å². The summed E-state index contributed by atoms with van der Waals surface area (Å²) in [7, 11) is 0. The Labute approximate surface area is 81.9 Å². The summed E-state index contributed by atoms with van der Waals surface area (Å²) < 4.78 is 0. The molecular weight excluding hydrogens is 160 g/mol. The predicted octanol–water partition coefficient (Wildman–Crippen LogP) is 3.72.